The summed E-state index contributed by atoms with van der Waals surface area (Å²) < 4.78 is 19.7. The molecule has 1 saturated heterocycles. The maximum absolute atomic E-state index is 14.0. The number of amides is 1. The molecule has 1 aliphatic carbocycles. The van der Waals surface area contributed by atoms with Crippen molar-refractivity contribution >= 4 is 5.91 Å². The second-order valence-corrected chi connectivity index (χ2v) is 5.81. The van der Waals surface area contributed by atoms with Crippen LogP contribution in [0.2, 0.25) is 0 Å². The summed E-state index contributed by atoms with van der Waals surface area (Å²) in [5.41, 5.74) is 0.361. The highest BCUT2D eigenvalue weighted by atomic mass is 19.1. The van der Waals surface area contributed by atoms with Crippen molar-refractivity contribution in [2.45, 2.75) is 45.1 Å². The van der Waals surface area contributed by atoms with Crippen molar-refractivity contribution in [3.05, 3.63) is 17.8 Å². The van der Waals surface area contributed by atoms with Gasteiger partial charge < -0.3 is 9.64 Å². The number of carbonyl (C=O) groups is 1. The molecule has 0 unspecified atom stereocenters. The maximum atomic E-state index is 14.0. The molecule has 6 heteroatoms. The summed E-state index contributed by atoms with van der Waals surface area (Å²) in [6, 6.07) is 0. The van der Waals surface area contributed by atoms with Gasteiger partial charge in [0.1, 0.15) is 12.4 Å². The van der Waals surface area contributed by atoms with Crippen LogP contribution < -0.4 is 4.74 Å². The average molecular weight is 293 g/mol. The van der Waals surface area contributed by atoms with Crippen LogP contribution >= 0.6 is 0 Å². The number of aryl methyl sites for hydroxylation is 1. The summed E-state index contributed by atoms with van der Waals surface area (Å²) in [5.74, 6) is 0.302. The zero-order chi connectivity index (χ0) is 14.8. The summed E-state index contributed by atoms with van der Waals surface area (Å²) in [7, 11) is 0. The quantitative estimate of drug-likeness (QED) is 0.832. The van der Waals surface area contributed by atoms with Crippen LogP contribution in [0, 0.1) is 11.7 Å². The Hall–Kier alpha value is -1.72. The fourth-order valence-corrected chi connectivity index (χ4v) is 2.62. The third-order valence-corrected chi connectivity index (χ3v) is 4.10. The van der Waals surface area contributed by atoms with E-state index in [1.54, 1.807) is 0 Å². The third kappa shape index (κ3) is 3.31. The van der Waals surface area contributed by atoms with E-state index in [4.69, 9.17) is 4.74 Å². The fourth-order valence-electron chi connectivity index (χ4n) is 2.62. The Morgan fingerprint density at radius 3 is 2.95 bits per heavy atom. The van der Waals surface area contributed by atoms with E-state index < -0.39 is 5.82 Å². The van der Waals surface area contributed by atoms with Gasteiger partial charge in [-0.05, 0) is 25.2 Å². The number of carbonyl (C=O) groups excluding carboxylic acids is 1. The molecule has 21 heavy (non-hydrogen) atoms. The number of hydrogen-bond acceptors (Lipinski definition) is 4. The number of likely N-dealkylation sites (tertiary alicyclic amines) is 1. The van der Waals surface area contributed by atoms with Crippen molar-refractivity contribution in [3.8, 4) is 5.88 Å². The molecule has 0 N–H and O–H groups in total. The zero-order valence-corrected chi connectivity index (χ0v) is 12.2. The lowest BCUT2D eigenvalue weighted by Crippen LogP contribution is -2.31. The average Bonchev–Trinajstić information content (AvgIpc) is 3.16. The summed E-state index contributed by atoms with van der Waals surface area (Å²) >= 11 is 0. The molecule has 114 valence electrons. The van der Waals surface area contributed by atoms with E-state index in [1.807, 2.05) is 11.8 Å². The van der Waals surface area contributed by atoms with Crippen molar-refractivity contribution in [2.75, 3.05) is 13.1 Å². The minimum atomic E-state index is -0.484. The third-order valence-electron chi connectivity index (χ3n) is 4.10. The first kappa shape index (κ1) is 14.2. The van der Waals surface area contributed by atoms with Gasteiger partial charge >= 0.3 is 0 Å². The molecule has 0 bridgehead atoms. The monoisotopic (exact) mass is 293 g/mol. The molecule has 1 atom stereocenters. The number of ether oxygens (including phenoxy) is 1. The molecule has 5 nitrogen and oxygen atoms in total. The van der Waals surface area contributed by atoms with E-state index in [2.05, 4.69) is 9.97 Å². The molecule has 1 amide bonds. The highest BCUT2D eigenvalue weighted by Gasteiger charge is 2.32. The smallest absolute Gasteiger partial charge is 0.254 e. The zero-order valence-electron chi connectivity index (χ0n) is 12.2. The molecule has 1 aromatic rings. The standard InChI is InChI=1S/C15H20FN3O2/c1-2-12-14(16)15(18-9-17-12)21-11-5-6-19(8-11)13(20)7-10-3-4-10/h9-11H,2-8H2,1H3/t11-/m1/s1. The van der Waals surface area contributed by atoms with E-state index in [0.29, 0.717) is 37.5 Å². The maximum Gasteiger partial charge on any atom is 0.254 e. The number of halogens is 1. The number of hydrogen-bond donors (Lipinski definition) is 0. The molecule has 0 aromatic carbocycles. The van der Waals surface area contributed by atoms with Crippen LogP contribution in [0.5, 0.6) is 5.88 Å². The van der Waals surface area contributed by atoms with E-state index in [1.165, 1.54) is 19.2 Å². The second-order valence-electron chi connectivity index (χ2n) is 5.81. The Kier molecular flexibility index (Phi) is 4.03. The molecule has 2 aliphatic rings. The Labute approximate surface area is 123 Å². The molecular weight excluding hydrogens is 273 g/mol. The van der Waals surface area contributed by atoms with Crippen LogP contribution in [0.15, 0.2) is 6.33 Å². The number of aromatic nitrogens is 2. The summed E-state index contributed by atoms with van der Waals surface area (Å²) in [4.78, 5) is 21.6. The Balaban J connectivity index is 1.58. The Morgan fingerprint density at radius 1 is 1.43 bits per heavy atom. The molecule has 3 rings (SSSR count). The first-order valence-electron chi connectivity index (χ1n) is 7.61. The van der Waals surface area contributed by atoms with Gasteiger partial charge in [-0.2, -0.15) is 9.37 Å². The normalized spacial score (nSPS) is 21.6. The summed E-state index contributed by atoms with van der Waals surface area (Å²) in [6.07, 6.45) is 5.36. The van der Waals surface area contributed by atoms with Crippen molar-refractivity contribution in [1.82, 2.24) is 14.9 Å². The van der Waals surface area contributed by atoms with E-state index in [-0.39, 0.29) is 17.9 Å². The molecular formula is C15H20FN3O2. The minimum Gasteiger partial charge on any atom is -0.470 e. The Bertz CT molecular complexity index is 534. The van der Waals surface area contributed by atoms with Crippen LogP contribution in [-0.2, 0) is 11.2 Å². The summed E-state index contributed by atoms with van der Waals surface area (Å²) in [5, 5.41) is 0. The summed E-state index contributed by atoms with van der Waals surface area (Å²) in [6.45, 7) is 3.04. The van der Waals surface area contributed by atoms with Gasteiger partial charge in [0.05, 0.1) is 12.2 Å². The van der Waals surface area contributed by atoms with Gasteiger partial charge in [0.2, 0.25) is 11.7 Å². The van der Waals surface area contributed by atoms with Gasteiger partial charge in [-0.15, -0.1) is 0 Å². The van der Waals surface area contributed by atoms with Crippen molar-refractivity contribution in [3.63, 3.8) is 0 Å². The largest absolute Gasteiger partial charge is 0.470 e. The molecule has 1 aromatic heterocycles. The van der Waals surface area contributed by atoms with Gasteiger partial charge in [0, 0.05) is 19.4 Å². The van der Waals surface area contributed by atoms with Crippen molar-refractivity contribution < 1.29 is 13.9 Å². The molecule has 0 radical (unpaired) electrons. The topological polar surface area (TPSA) is 55.3 Å². The lowest BCUT2D eigenvalue weighted by Gasteiger charge is -2.17. The number of nitrogens with zero attached hydrogens (tertiary/aromatic N) is 3. The highest BCUT2D eigenvalue weighted by molar-refractivity contribution is 5.77. The van der Waals surface area contributed by atoms with Crippen LogP contribution in [0.4, 0.5) is 4.39 Å². The van der Waals surface area contributed by atoms with Gasteiger partial charge in [-0.3, -0.25) is 4.79 Å². The lowest BCUT2D eigenvalue weighted by atomic mass is 10.2. The SMILES string of the molecule is CCc1ncnc(O[C@@H]2CCN(C(=O)CC3CC3)C2)c1F. The van der Waals surface area contributed by atoms with Crippen molar-refractivity contribution in [2.24, 2.45) is 5.92 Å². The lowest BCUT2D eigenvalue weighted by molar-refractivity contribution is -0.130. The van der Waals surface area contributed by atoms with E-state index in [9.17, 15) is 9.18 Å². The van der Waals surface area contributed by atoms with Gasteiger partial charge in [0.25, 0.3) is 5.88 Å². The predicted molar refractivity (Wildman–Crippen MR) is 74.3 cm³/mol. The second kappa shape index (κ2) is 5.95. The molecule has 2 fully saturated rings. The van der Waals surface area contributed by atoms with E-state index >= 15 is 0 Å². The van der Waals surface area contributed by atoms with Gasteiger partial charge in [0.15, 0.2) is 0 Å². The van der Waals surface area contributed by atoms with Gasteiger partial charge in [-0.25, -0.2) is 4.98 Å². The highest BCUT2D eigenvalue weighted by Crippen LogP contribution is 2.33. The van der Waals surface area contributed by atoms with Crippen LogP contribution in [0.1, 0.15) is 38.3 Å². The first-order chi connectivity index (χ1) is 10.2. The molecule has 0 spiro atoms. The van der Waals surface area contributed by atoms with Crippen LogP contribution in [0.25, 0.3) is 0 Å². The Morgan fingerprint density at radius 2 is 2.24 bits per heavy atom. The molecule has 2 heterocycles. The predicted octanol–water partition coefficient (Wildman–Crippen LogP) is 1.96. The van der Waals surface area contributed by atoms with Crippen LogP contribution in [-0.4, -0.2) is 40.0 Å². The molecule has 1 aliphatic heterocycles. The van der Waals surface area contributed by atoms with Crippen LogP contribution in [0.3, 0.4) is 0 Å². The van der Waals surface area contributed by atoms with Crippen molar-refractivity contribution in [1.29, 1.82) is 0 Å². The first-order valence-corrected chi connectivity index (χ1v) is 7.61. The fraction of sp³-hybridized carbons (Fsp3) is 0.667. The minimum absolute atomic E-state index is 0.00309. The van der Waals surface area contributed by atoms with E-state index in [0.717, 1.165) is 6.42 Å². The number of rotatable bonds is 5. The molecule has 1 saturated carbocycles. The van der Waals surface area contributed by atoms with Gasteiger partial charge in [-0.1, -0.05) is 6.92 Å².